The molecular formula is C29H42N3O8P. The molecule has 0 aromatic heterocycles. The summed E-state index contributed by atoms with van der Waals surface area (Å²) in [5.74, 6) is -2.01. The number of rotatable bonds is 15. The molecule has 0 fully saturated rings. The molecule has 0 aliphatic rings. The van der Waals surface area contributed by atoms with Gasteiger partial charge in [0, 0.05) is 13.3 Å². The fraction of sp³-hybridized carbons (Fsp3) is 0.483. The van der Waals surface area contributed by atoms with Gasteiger partial charge in [-0.1, -0.05) is 58.4 Å². The van der Waals surface area contributed by atoms with Crippen molar-refractivity contribution in [2.24, 2.45) is 5.92 Å². The second kappa shape index (κ2) is 15.0. The topological polar surface area (TPSA) is 174 Å². The van der Waals surface area contributed by atoms with Gasteiger partial charge in [-0.3, -0.25) is 18.9 Å². The Morgan fingerprint density at radius 1 is 0.878 bits per heavy atom. The van der Waals surface area contributed by atoms with Crippen LogP contribution in [0.25, 0.3) is 0 Å². The van der Waals surface area contributed by atoms with Crippen molar-refractivity contribution in [3.05, 3.63) is 59.7 Å². The van der Waals surface area contributed by atoms with E-state index in [2.05, 4.69) is 16.1 Å². The summed E-state index contributed by atoms with van der Waals surface area (Å²) >= 11 is 0. The molecule has 4 atom stereocenters. The van der Waals surface area contributed by atoms with E-state index in [9.17, 15) is 34.1 Å². The van der Waals surface area contributed by atoms with E-state index >= 15 is 0 Å². The van der Waals surface area contributed by atoms with Gasteiger partial charge in [-0.25, -0.2) is 5.48 Å². The van der Waals surface area contributed by atoms with Crippen LogP contribution in [0.15, 0.2) is 48.5 Å². The minimum absolute atomic E-state index is 0.0231. The molecule has 2 aromatic carbocycles. The van der Waals surface area contributed by atoms with Gasteiger partial charge in [0.15, 0.2) is 0 Å². The summed E-state index contributed by atoms with van der Waals surface area (Å²) in [5.41, 5.74) is 3.41. The minimum atomic E-state index is -4.48. The summed E-state index contributed by atoms with van der Waals surface area (Å²) in [6.07, 6.45) is 1.24. The molecule has 0 heterocycles. The summed E-state index contributed by atoms with van der Waals surface area (Å²) < 4.78 is 18.8. The van der Waals surface area contributed by atoms with E-state index in [-0.39, 0.29) is 43.1 Å². The average molecular weight is 592 g/mol. The number of amides is 3. The molecule has 12 heteroatoms. The monoisotopic (exact) mass is 591 g/mol. The number of phenolic OH excluding ortho intramolecular Hbond substituents is 2. The number of hydrogen-bond donors (Lipinski definition) is 6. The van der Waals surface area contributed by atoms with Gasteiger partial charge in [-0.05, 0) is 60.6 Å². The molecule has 226 valence electrons. The third-order valence-electron chi connectivity index (χ3n) is 7.52. The molecule has 0 saturated carbocycles. The number of nitrogens with one attached hydrogen (secondary N) is 3. The average Bonchev–Trinajstić information content (AvgIpc) is 2.94. The van der Waals surface area contributed by atoms with Crippen LogP contribution < -0.4 is 16.1 Å². The Labute approximate surface area is 241 Å². The molecule has 1 unspecified atom stereocenters. The number of aromatic hydroxyl groups is 2. The van der Waals surface area contributed by atoms with Gasteiger partial charge in [-0.2, -0.15) is 4.62 Å². The predicted octanol–water partition coefficient (Wildman–Crippen LogP) is 3.71. The highest BCUT2D eigenvalue weighted by Crippen LogP contribution is 2.59. The molecule has 0 spiro atoms. The smallest absolute Gasteiger partial charge is 0.355 e. The van der Waals surface area contributed by atoms with Gasteiger partial charge in [0.2, 0.25) is 11.8 Å². The van der Waals surface area contributed by atoms with Crippen LogP contribution in [0.5, 0.6) is 11.5 Å². The van der Waals surface area contributed by atoms with Crippen molar-refractivity contribution in [3.63, 3.8) is 0 Å². The maximum atomic E-state index is 13.6. The van der Waals surface area contributed by atoms with Gasteiger partial charge < -0.3 is 25.7 Å². The van der Waals surface area contributed by atoms with E-state index in [4.69, 9.17) is 4.62 Å². The lowest BCUT2D eigenvalue weighted by molar-refractivity contribution is -0.135. The Balaban J connectivity index is 2.29. The van der Waals surface area contributed by atoms with Crippen molar-refractivity contribution in [2.75, 3.05) is 0 Å². The number of phenols is 2. The van der Waals surface area contributed by atoms with E-state index < -0.39 is 42.6 Å². The lowest BCUT2D eigenvalue weighted by Gasteiger charge is -2.35. The largest absolute Gasteiger partial charge is 0.508 e. The minimum Gasteiger partial charge on any atom is -0.508 e. The Kier molecular flexibility index (Phi) is 12.4. The van der Waals surface area contributed by atoms with E-state index in [0.717, 1.165) is 0 Å². The van der Waals surface area contributed by atoms with Crippen molar-refractivity contribution in [2.45, 2.75) is 84.0 Å². The van der Waals surface area contributed by atoms with Crippen LogP contribution in [-0.4, -0.2) is 50.1 Å². The zero-order valence-corrected chi connectivity index (χ0v) is 25.1. The Hall–Kier alpha value is -3.40. The van der Waals surface area contributed by atoms with E-state index in [0.29, 0.717) is 17.5 Å². The molecule has 3 amide bonds. The highest BCUT2D eigenvalue weighted by Gasteiger charge is 2.47. The van der Waals surface area contributed by atoms with Crippen molar-refractivity contribution in [3.8, 4) is 11.5 Å². The zero-order chi connectivity index (χ0) is 30.8. The molecule has 2 rings (SSSR count). The van der Waals surface area contributed by atoms with E-state index in [1.807, 2.05) is 6.92 Å². The van der Waals surface area contributed by atoms with E-state index in [1.165, 1.54) is 31.2 Å². The van der Waals surface area contributed by atoms with Crippen molar-refractivity contribution < 1.29 is 38.7 Å². The molecule has 11 nitrogen and oxygen atoms in total. The van der Waals surface area contributed by atoms with Crippen LogP contribution in [0.3, 0.4) is 0 Å². The standard InChI is InChI=1S/C29H42N3O8P/c1-6-19(4)26(30-20(5)33)28(37)31-25(17-21-9-13-23(34)14-10-21)27(36)32-40-41(38,39)29(7-2,8-3)18-22-11-15-24(35)16-12-22/h9-16,19,25-26,34-35H,6-8,17-18H2,1-5H3,(H,30,33)(H,31,37)(H,32,36)(H,38,39)/t19-,25-,26-/m0/s1. The lowest BCUT2D eigenvalue weighted by Crippen LogP contribution is -2.56. The molecule has 0 radical (unpaired) electrons. The van der Waals surface area contributed by atoms with Gasteiger partial charge in [0.05, 0.1) is 5.16 Å². The van der Waals surface area contributed by atoms with Crippen LogP contribution in [0.4, 0.5) is 0 Å². The van der Waals surface area contributed by atoms with Crippen molar-refractivity contribution >= 4 is 25.3 Å². The summed E-state index contributed by atoms with van der Waals surface area (Å²) in [7, 11) is -4.48. The lowest BCUT2D eigenvalue weighted by atomic mass is 9.93. The summed E-state index contributed by atoms with van der Waals surface area (Å²) in [6, 6.07) is 10.2. The molecule has 0 saturated heterocycles. The molecule has 0 aliphatic heterocycles. The number of carbonyl (C=O) groups is 3. The second-order valence-corrected chi connectivity index (χ2v) is 12.5. The quantitative estimate of drug-likeness (QED) is 0.134. The fourth-order valence-electron chi connectivity index (χ4n) is 4.53. The first-order valence-electron chi connectivity index (χ1n) is 13.7. The maximum Gasteiger partial charge on any atom is 0.355 e. The fourth-order valence-corrected chi connectivity index (χ4v) is 6.12. The first-order chi connectivity index (χ1) is 19.3. The molecule has 0 aliphatic carbocycles. The van der Waals surface area contributed by atoms with Gasteiger partial charge in [0.25, 0.3) is 5.91 Å². The van der Waals surface area contributed by atoms with Gasteiger partial charge >= 0.3 is 7.60 Å². The SMILES string of the molecule is CC[C@H](C)[C@H](NC(C)=O)C(=O)N[C@@H](Cc1ccc(O)cc1)C(=O)NOP(=O)(O)C(CC)(CC)Cc1ccc(O)cc1. The van der Waals surface area contributed by atoms with Crippen LogP contribution >= 0.6 is 7.60 Å². The Bertz CT molecular complexity index is 1220. The molecule has 6 N–H and O–H groups in total. The van der Waals surface area contributed by atoms with Crippen LogP contribution in [0.2, 0.25) is 0 Å². The first kappa shape index (κ1) is 33.8. The van der Waals surface area contributed by atoms with Crippen molar-refractivity contribution in [1.29, 1.82) is 0 Å². The van der Waals surface area contributed by atoms with Gasteiger partial charge in [-0.15, -0.1) is 0 Å². The summed E-state index contributed by atoms with van der Waals surface area (Å²) in [5, 5.41) is 23.2. The molecule has 2 aromatic rings. The molecule has 0 bridgehead atoms. The highest BCUT2D eigenvalue weighted by atomic mass is 31.2. The van der Waals surface area contributed by atoms with Crippen LogP contribution in [-0.2, 0) is 36.4 Å². The Morgan fingerprint density at radius 3 is 1.85 bits per heavy atom. The van der Waals surface area contributed by atoms with Crippen molar-refractivity contribution in [1.82, 2.24) is 16.1 Å². The van der Waals surface area contributed by atoms with Crippen LogP contribution in [0.1, 0.15) is 65.0 Å². The molecule has 41 heavy (non-hydrogen) atoms. The second-order valence-electron chi connectivity index (χ2n) is 10.3. The number of carbonyl (C=O) groups excluding carboxylic acids is 3. The Morgan fingerprint density at radius 2 is 1.39 bits per heavy atom. The van der Waals surface area contributed by atoms with Gasteiger partial charge in [0.1, 0.15) is 23.6 Å². The summed E-state index contributed by atoms with van der Waals surface area (Å²) in [6.45, 7) is 8.46. The zero-order valence-electron chi connectivity index (χ0n) is 24.2. The number of benzene rings is 2. The number of hydrogen-bond acceptors (Lipinski definition) is 7. The maximum absolute atomic E-state index is 13.6. The highest BCUT2D eigenvalue weighted by molar-refractivity contribution is 7.54. The van der Waals surface area contributed by atoms with Crippen LogP contribution in [0, 0.1) is 5.92 Å². The summed E-state index contributed by atoms with van der Waals surface area (Å²) in [4.78, 5) is 49.4. The third-order valence-corrected chi connectivity index (χ3v) is 9.85. The third kappa shape index (κ3) is 9.31. The number of hydroxylamine groups is 1. The van der Waals surface area contributed by atoms with E-state index in [1.54, 1.807) is 45.0 Å². The normalized spacial score (nSPS) is 15.2. The molecular weight excluding hydrogens is 549 g/mol. The predicted molar refractivity (Wildman–Crippen MR) is 155 cm³/mol. The first-order valence-corrected chi connectivity index (χ1v) is 15.3.